The molecule has 2 aromatic rings. The summed E-state index contributed by atoms with van der Waals surface area (Å²) in [4.78, 5) is 62.3. The van der Waals surface area contributed by atoms with Gasteiger partial charge < -0.3 is 19.1 Å². The van der Waals surface area contributed by atoms with Gasteiger partial charge in [-0.25, -0.2) is 13.4 Å². The van der Waals surface area contributed by atoms with Gasteiger partial charge in [0.2, 0.25) is 27.7 Å². The standard InChI is InChI=1S/C40H51N3O9S/c1-4-28-20-40(28,39(47)42-53(48,49)30-12-13-30)21-34(44)33-18-29-22-43(33)38(46)32(25-9-5-6-10-25)19-36(45)51-23-24(2)8-7-11-27-16-31-26(17-35(27)50-3)14-15-41-37(31)52-29/h4,14-17,24-25,28-30,32-33H,1,5-13,18-23H2,2-3H3,(H,42,47)/t24-,28-,29-,32+,33+,40-/m1/s1. The lowest BCUT2D eigenvalue weighted by Gasteiger charge is -2.31. The van der Waals surface area contributed by atoms with Crippen molar-refractivity contribution >= 4 is 44.4 Å². The Morgan fingerprint density at radius 2 is 1.91 bits per heavy atom. The zero-order valence-electron chi connectivity index (χ0n) is 30.7. The number of Topliss-reactive ketones (excluding diaryl/α,β-unsaturated/α-hetero) is 1. The molecule has 53 heavy (non-hydrogen) atoms. The number of ether oxygens (including phenoxy) is 3. The predicted molar refractivity (Wildman–Crippen MR) is 196 cm³/mol. The molecule has 1 aromatic heterocycles. The Bertz CT molecular complexity index is 1890. The zero-order chi connectivity index (χ0) is 37.5. The summed E-state index contributed by atoms with van der Waals surface area (Å²) in [5, 5.41) is 1.08. The highest BCUT2D eigenvalue weighted by atomic mass is 32.2. The normalized spacial score (nSPS) is 29.9. The number of cyclic esters (lactones) is 1. The van der Waals surface area contributed by atoms with Crippen molar-refractivity contribution in [2.45, 2.75) is 108 Å². The summed E-state index contributed by atoms with van der Waals surface area (Å²) < 4.78 is 45.9. The van der Waals surface area contributed by atoms with Crippen LogP contribution in [0.2, 0.25) is 0 Å². The highest BCUT2D eigenvalue weighted by Gasteiger charge is 2.61. The number of fused-ring (bicyclic) bond motifs is 3. The Morgan fingerprint density at radius 3 is 2.60 bits per heavy atom. The number of nitrogens with one attached hydrogen (secondary N) is 1. The van der Waals surface area contributed by atoms with Gasteiger partial charge in [-0.1, -0.05) is 25.8 Å². The third-order valence-electron chi connectivity index (χ3n) is 12.2. The fourth-order valence-electron chi connectivity index (χ4n) is 8.82. The van der Waals surface area contributed by atoms with E-state index < -0.39 is 50.6 Å². The number of allylic oxidation sites excluding steroid dienone is 1. The molecular formula is C40H51N3O9S. The molecule has 12 nitrogen and oxygen atoms in total. The van der Waals surface area contributed by atoms with E-state index in [1.165, 1.54) is 0 Å². The first-order chi connectivity index (χ1) is 25.4. The Morgan fingerprint density at radius 1 is 1.13 bits per heavy atom. The van der Waals surface area contributed by atoms with E-state index in [0.717, 1.165) is 67.0 Å². The third kappa shape index (κ3) is 7.82. The second kappa shape index (κ2) is 15.0. The molecule has 286 valence electrons. The minimum atomic E-state index is -3.84. The SMILES string of the molecule is C=C[C@@H]1C[C@]1(CC(=O)[C@@H]1C[C@@H]2CN1C(=O)[C@H](C1CCCC1)CC(=O)OC[C@H](C)CCCc1cc3c(nccc3cc1OC)O2)C(=O)NS(=O)(=O)C1CC1. The molecule has 4 bridgehead atoms. The van der Waals surface area contributed by atoms with Crippen molar-refractivity contribution in [2.75, 3.05) is 20.3 Å². The summed E-state index contributed by atoms with van der Waals surface area (Å²) >= 11 is 0. The molecule has 0 radical (unpaired) electrons. The van der Waals surface area contributed by atoms with Crippen molar-refractivity contribution in [1.29, 1.82) is 0 Å². The number of rotatable bonds is 9. The Balaban J connectivity index is 1.22. The van der Waals surface area contributed by atoms with Crippen LogP contribution in [0, 0.1) is 29.1 Å². The molecule has 1 N–H and O–H groups in total. The summed E-state index contributed by atoms with van der Waals surface area (Å²) in [6.45, 7) is 6.22. The van der Waals surface area contributed by atoms with Crippen LogP contribution in [-0.4, -0.2) is 79.5 Å². The summed E-state index contributed by atoms with van der Waals surface area (Å²) in [7, 11) is -2.20. The molecule has 4 fully saturated rings. The van der Waals surface area contributed by atoms with E-state index in [2.05, 4.69) is 16.3 Å². The van der Waals surface area contributed by atoms with Gasteiger partial charge in [-0.15, -0.1) is 6.58 Å². The van der Waals surface area contributed by atoms with Crippen LogP contribution in [0.4, 0.5) is 0 Å². The van der Waals surface area contributed by atoms with E-state index in [1.807, 2.05) is 25.1 Å². The summed E-state index contributed by atoms with van der Waals surface area (Å²) in [5.41, 5.74) is -0.272. The predicted octanol–water partition coefficient (Wildman–Crippen LogP) is 5.06. The lowest BCUT2D eigenvalue weighted by atomic mass is 9.86. The van der Waals surface area contributed by atoms with E-state index in [1.54, 1.807) is 24.3 Å². The van der Waals surface area contributed by atoms with E-state index in [0.29, 0.717) is 18.7 Å². The molecule has 1 aromatic carbocycles. The molecule has 13 heteroatoms. The van der Waals surface area contributed by atoms with Crippen LogP contribution in [0.25, 0.3) is 10.8 Å². The number of carbonyl (C=O) groups excluding carboxylic acids is 4. The molecule has 0 spiro atoms. The summed E-state index contributed by atoms with van der Waals surface area (Å²) in [5.74, 6) is -1.59. The van der Waals surface area contributed by atoms with E-state index in [-0.39, 0.29) is 68.3 Å². The number of amides is 2. The van der Waals surface area contributed by atoms with Crippen molar-refractivity contribution in [1.82, 2.24) is 14.6 Å². The molecule has 3 saturated carbocycles. The molecule has 1 saturated heterocycles. The van der Waals surface area contributed by atoms with Crippen LogP contribution in [0.5, 0.6) is 11.6 Å². The first-order valence-corrected chi connectivity index (χ1v) is 20.8. The largest absolute Gasteiger partial charge is 0.496 e. The number of hydrogen-bond acceptors (Lipinski definition) is 10. The van der Waals surface area contributed by atoms with Crippen molar-refractivity contribution in [3.05, 3.63) is 42.6 Å². The van der Waals surface area contributed by atoms with E-state index in [4.69, 9.17) is 14.2 Å². The van der Waals surface area contributed by atoms with Crippen LogP contribution in [0.3, 0.4) is 0 Å². The molecule has 2 aliphatic heterocycles. The van der Waals surface area contributed by atoms with Gasteiger partial charge in [0.05, 0.1) is 49.3 Å². The molecule has 6 atom stereocenters. The number of sulfonamides is 1. The van der Waals surface area contributed by atoms with E-state index in [9.17, 15) is 27.6 Å². The second-order valence-electron chi connectivity index (χ2n) is 16.0. The highest BCUT2D eigenvalue weighted by molar-refractivity contribution is 7.90. The van der Waals surface area contributed by atoms with Crippen LogP contribution in [0.15, 0.2) is 37.1 Å². The number of aryl methyl sites for hydroxylation is 1. The number of esters is 1. The van der Waals surface area contributed by atoms with Crippen molar-refractivity contribution in [3.8, 4) is 11.6 Å². The minimum absolute atomic E-state index is 0.0275. The van der Waals surface area contributed by atoms with Crippen LogP contribution < -0.4 is 14.2 Å². The number of methoxy groups -OCH3 is 1. The lowest BCUT2D eigenvalue weighted by Crippen LogP contribution is -2.47. The topological polar surface area (TPSA) is 158 Å². The first kappa shape index (κ1) is 37.3. The van der Waals surface area contributed by atoms with Gasteiger partial charge in [-0.05, 0) is 98.3 Å². The Kier molecular flexibility index (Phi) is 10.6. The fraction of sp³-hybridized carbons (Fsp3) is 0.625. The summed E-state index contributed by atoms with van der Waals surface area (Å²) in [6, 6.07) is 4.93. The summed E-state index contributed by atoms with van der Waals surface area (Å²) in [6.07, 6.45) is 9.68. The maximum atomic E-state index is 14.7. The van der Waals surface area contributed by atoms with Gasteiger partial charge >= 0.3 is 5.97 Å². The van der Waals surface area contributed by atoms with Crippen molar-refractivity contribution in [3.63, 3.8) is 0 Å². The maximum absolute atomic E-state index is 14.7. The smallest absolute Gasteiger partial charge is 0.306 e. The van der Waals surface area contributed by atoms with Gasteiger partial charge in [-0.3, -0.25) is 23.9 Å². The van der Waals surface area contributed by atoms with Crippen LogP contribution in [0.1, 0.15) is 89.5 Å². The quantitative estimate of drug-likeness (QED) is 0.271. The number of aromatic nitrogens is 1. The van der Waals surface area contributed by atoms with Crippen LogP contribution in [-0.2, 0) is 40.4 Å². The molecule has 0 unspecified atom stereocenters. The number of benzene rings is 1. The number of hydrogen-bond donors (Lipinski definition) is 1. The fourth-order valence-corrected chi connectivity index (χ4v) is 10.2. The highest BCUT2D eigenvalue weighted by Crippen LogP contribution is 2.57. The molecule has 5 aliphatic rings. The molecule has 2 amide bonds. The number of ketones is 1. The average Bonchev–Trinajstić information content (AvgIpc) is 4.01. The third-order valence-corrected chi connectivity index (χ3v) is 14.0. The maximum Gasteiger partial charge on any atom is 0.306 e. The monoisotopic (exact) mass is 749 g/mol. The average molecular weight is 750 g/mol. The Hall–Kier alpha value is -4.00. The minimum Gasteiger partial charge on any atom is -0.496 e. The molecule has 7 rings (SSSR count). The van der Waals surface area contributed by atoms with Gasteiger partial charge in [0.25, 0.3) is 0 Å². The zero-order valence-corrected chi connectivity index (χ0v) is 31.5. The van der Waals surface area contributed by atoms with Crippen LogP contribution >= 0.6 is 0 Å². The van der Waals surface area contributed by atoms with E-state index >= 15 is 0 Å². The Labute approximate surface area is 311 Å². The first-order valence-electron chi connectivity index (χ1n) is 19.2. The van der Waals surface area contributed by atoms with Crippen molar-refractivity contribution < 1.29 is 41.8 Å². The molecule has 3 heterocycles. The van der Waals surface area contributed by atoms with Crippen molar-refractivity contribution in [2.24, 2.45) is 29.1 Å². The van der Waals surface area contributed by atoms with Gasteiger partial charge in [0, 0.05) is 24.4 Å². The number of nitrogens with zero attached hydrogens (tertiary/aromatic N) is 2. The number of carbonyl (C=O) groups is 4. The lowest BCUT2D eigenvalue weighted by molar-refractivity contribution is -0.152. The second-order valence-corrected chi connectivity index (χ2v) is 18.0. The van der Waals surface area contributed by atoms with Gasteiger partial charge in [-0.2, -0.15) is 0 Å². The molecule has 3 aliphatic carbocycles. The number of pyridine rings is 1. The van der Waals surface area contributed by atoms with Gasteiger partial charge in [0.1, 0.15) is 11.9 Å². The molecular weight excluding hydrogens is 699 g/mol. The van der Waals surface area contributed by atoms with Gasteiger partial charge in [0.15, 0.2) is 5.78 Å².